The lowest BCUT2D eigenvalue weighted by Gasteiger charge is -2.08. The van der Waals surface area contributed by atoms with Crippen molar-refractivity contribution >= 4 is 13.3 Å². The highest BCUT2D eigenvalue weighted by atomic mass is 127. The maximum atomic E-state index is 12.7. The summed E-state index contributed by atoms with van der Waals surface area (Å²) < 4.78 is 53.8. The van der Waals surface area contributed by atoms with Crippen molar-refractivity contribution in [1.29, 1.82) is 0 Å². The smallest absolute Gasteiger partial charge is 0.207 e. The highest BCUT2D eigenvalue weighted by molar-refractivity contribution is 6.32. The molecule has 0 N–H and O–H groups in total. The predicted octanol–water partition coefficient (Wildman–Crippen LogP) is 2.43. The van der Waals surface area contributed by atoms with Crippen LogP contribution in [0.3, 0.4) is 0 Å². The van der Waals surface area contributed by atoms with Crippen LogP contribution in [0, 0.1) is 44.3 Å². The first kappa shape index (κ1) is 26.2. The van der Waals surface area contributed by atoms with Gasteiger partial charge in [-0.15, -0.1) is 5.46 Å². The van der Waals surface area contributed by atoms with E-state index in [1.807, 2.05) is 0 Å². The van der Waals surface area contributed by atoms with E-state index >= 15 is 0 Å². The van der Waals surface area contributed by atoms with Gasteiger partial charge in [-0.2, -0.15) is 0 Å². The van der Waals surface area contributed by atoms with Crippen LogP contribution < -0.4 is 26.7 Å². The summed E-state index contributed by atoms with van der Waals surface area (Å²) in [5.41, 5.74) is 1.80. The molecule has 0 aliphatic rings. The minimum Gasteiger partial charge on any atom is -0.207 e. The van der Waals surface area contributed by atoms with Crippen LogP contribution in [-0.4, -0.2) is 7.85 Å². The third-order valence-corrected chi connectivity index (χ3v) is 6.71. The van der Waals surface area contributed by atoms with Gasteiger partial charge in [0.25, 0.3) is 0 Å². The Bertz CT molecular complexity index is 863. The maximum absolute atomic E-state index is 12.7. The largest absolute Gasteiger partial charge is 0.357 e. The van der Waals surface area contributed by atoms with E-state index in [2.05, 4.69) is 69.3 Å². The molecule has 0 radical (unpaired) electrons. The molecule has 30 heavy (non-hydrogen) atoms. The van der Waals surface area contributed by atoms with E-state index in [0.29, 0.717) is 5.92 Å². The number of aryl methyl sites for hydroxylation is 1. The molecular weight excluding hydrogens is 502 g/mol. The van der Waals surface area contributed by atoms with Crippen molar-refractivity contribution < 1.29 is 38.8 Å². The highest BCUT2D eigenvalue weighted by Crippen LogP contribution is 2.15. The van der Waals surface area contributed by atoms with Crippen molar-refractivity contribution in [3.8, 4) is 0 Å². The number of benzene rings is 3. The van der Waals surface area contributed by atoms with Crippen LogP contribution in [0.4, 0.5) is 17.6 Å². The molecule has 0 heterocycles. The Labute approximate surface area is 188 Å². The van der Waals surface area contributed by atoms with Gasteiger partial charge >= 0.3 is 21.2 Å². The molecule has 0 saturated heterocycles. The molecule has 0 bridgehead atoms. The molecule has 0 unspecified atom stereocenters. The molecule has 0 spiro atoms. The van der Waals surface area contributed by atoms with Crippen LogP contribution in [0.1, 0.15) is 43.9 Å². The van der Waals surface area contributed by atoms with Gasteiger partial charge in [0.05, 0.1) is 0 Å². The third-order valence-electron chi connectivity index (χ3n) is 4.03. The van der Waals surface area contributed by atoms with E-state index in [9.17, 15) is 17.6 Å². The molecule has 3 aromatic carbocycles. The minimum atomic E-state index is -1.26. The average Bonchev–Trinajstić information content (AvgIpc) is 2.72. The van der Waals surface area contributed by atoms with Crippen molar-refractivity contribution in [2.75, 3.05) is 0 Å². The van der Waals surface area contributed by atoms with Gasteiger partial charge in [-0.05, 0) is 57.4 Å². The third kappa shape index (κ3) is 6.59. The Hall–Kier alpha value is -1.83. The van der Waals surface area contributed by atoms with Gasteiger partial charge in [0.2, 0.25) is 0 Å². The van der Waals surface area contributed by atoms with E-state index in [4.69, 9.17) is 0 Å². The van der Waals surface area contributed by atoms with E-state index in [1.54, 1.807) is 0 Å². The fourth-order valence-corrected chi connectivity index (χ4v) is 4.42. The fourth-order valence-electron chi connectivity index (χ4n) is 2.26. The molecule has 3 aromatic rings. The van der Waals surface area contributed by atoms with Crippen LogP contribution in [0.15, 0.2) is 48.5 Å². The maximum Gasteiger partial charge on any atom is 0.357 e. The van der Waals surface area contributed by atoms with Gasteiger partial charge < -0.3 is 0 Å². The van der Waals surface area contributed by atoms with Gasteiger partial charge in [0.15, 0.2) is 18.8 Å². The van der Waals surface area contributed by atoms with E-state index in [-0.39, 0.29) is 34.1 Å². The topological polar surface area (TPSA) is 0 Å². The van der Waals surface area contributed by atoms with Gasteiger partial charge in [-0.25, -0.2) is 17.6 Å². The fraction of sp³-hybridized carbons (Fsp3) is 0.250. The zero-order valence-corrected chi connectivity index (χ0v) is 18.2. The Morgan fingerprint density at radius 3 is 1.50 bits per heavy atom. The second kappa shape index (κ2) is 11.5. The molecule has 0 aliphatic heterocycles. The summed E-state index contributed by atoms with van der Waals surface area (Å²) >= 11 is -0.0167. The van der Waals surface area contributed by atoms with Crippen molar-refractivity contribution in [3.05, 3.63) is 95.6 Å². The Kier molecular flexibility index (Phi) is 10.1. The summed E-state index contributed by atoms with van der Waals surface area (Å²) in [4.78, 5) is 0. The van der Waals surface area contributed by atoms with Gasteiger partial charge in [0, 0.05) is 5.56 Å². The van der Waals surface area contributed by atoms with Crippen LogP contribution in [0.2, 0.25) is 0 Å². The molecule has 0 aromatic heterocycles. The number of rotatable bonds is 3. The van der Waals surface area contributed by atoms with Gasteiger partial charge in [-0.3, -0.25) is 0 Å². The summed E-state index contributed by atoms with van der Waals surface area (Å²) in [6.45, 7) is 7.63. The first-order chi connectivity index (χ1) is 13.6. The van der Waals surface area contributed by atoms with E-state index in [1.165, 1.54) is 18.3 Å². The molecular formula is C24H28BF4I. The number of hydrogen-bond acceptors (Lipinski definition) is 0. The first-order valence-corrected chi connectivity index (χ1v) is 10.9. The normalized spacial score (nSPS) is 10.3. The molecule has 0 saturated carbocycles. The Morgan fingerprint density at radius 1 is 0.700 bits per heavy atom. The van der Waals surface area contributed by atoms with Crippen molar-refractivity contribution in [2.45, 2.75) is 41.0 Å². The molecule has 6 heteroatoms. The monoisotopic (exact) mass is 530 g/mol. The van der Waals surface area contributed by atoms with Crippen molar-refractivity contribution in [1.82, 2.24) is 0 Å². The minimum absolute atomic E-state index is 0. The summed E-state index contributed by atoms with van der Waals surface area (Å²) in [5.74, 6) is -4.34. The average molecular weight is 530 g/mol. The summed E-state index contributed by atoms with van der Waals surface area (Å²) in [6.07, 6.45) is 0. The molecule has 0 aliphatic carbocycles. The van der Waals surface area contributed by atoms with Crippen LogP contribution in [0.5, 0.6) is 0 Å². The van der Waals surface area contributed by atoms with Crippen molar-refractivity contribution in [3.63, 3.8) is 0 Å². The summed E-state index contributed by atoms with van der Waals surface area (Å²) in [7, 11) is -0.888. The SMILES string of the molecule is C.Cc1ccc([I+]c2ccc(C(C)C)cc2)cc1.[BH3-]c1c(F)c(F)c(C)c(F)c1F. The zero-order valence-electron chi connectivity index (χ0n) is 16.1. The summed E-state index contributed by atoms with van der Waals surface area (Å²) in [6, 6.07) is 18.1. The lowest BCUT2D eigenvalue weighted by Crippen LogP contribution is -3.61. The first-order valence-electron chi connectivity index (χ1n) is 8.72. The lowest BCUT2D eigenvalue weighted by molar-refractivity contribution is -0.597. The molecule has 0 fully saturated rings. The highest BCUT2D eigenvalue weighted by Gasteiger charge is 2.16. The molecule has 0 amide bonds. The Balaban J connectivity index is 0.000000308. The predicted molar refractivity (Wildman–Crippen MR) is 116 cm³/mol. The quantitative estimate of drug-likeness (QED) is 0.212. The van der Waals surface area contributed by atoms with Gasteiger partial charge in [0.1, 0.15) is 11.6 Å². The van der Waals surface area contributed by atoms with Crippen LogP contribution >= 0.6 is 0 Å². The van der Waals surface area contributed by atoms with Crippen LogP contribution in [0.25, 0.3) is 0 Å². The van der Waals surface area contributed by atoms with E-state index < -0.39 is 36.7 Å². The second-order valence-corrected chi connectivity index (χ2v) is 9.63. The number of halogens is 5. The molecule has 0 nitrogen and oxygen atoms in total. The van der Waals surface area contributed by atoms with Crippen LogP contribution in [-0.2, 0) is 0 Å². The second-order valence-electron chi connectivity index (χ2n) is 6.60. The standard InChI is InChI=1S/C16H18I.C7H6BF4.CH4/c1-12(2)14-6-10-16(11-7-14)17-15-8-4-13(3)5-9-15;1-2-4(9)6(11)3(8)7(12)5(2)10;/h4-12H,1-3H3;1,8H3;1H4/q+1;-1;. The summed E-state index contributed by atoms with van der Waals surface area (Å²) in [5, 5.41) is 0. The molecule has 162 valence electrons. The van der Waals surface area contributed by atoms with Crippen molar-refractivity contribution in [2.24, 2.45) is 0 Å². The number of hydrogen-bond donors (Lipinski definition) is 0. The zero-order chi connectivity index (χ0) is 21.7. The Morgan fingerprint density at radius 2 is 1.10 bits per heavy atom. The van der Waals surface area contributed by atoms with Gasteiger partial charge in [-0.1, -0.05) is 51.1 Å². The lowest BCUT2D eigenvalue weighted by atomic mass is 9.93. The molecule has 3 rings (SSSR count). The molecule has 0 atom stereocenters. The van der Waals surface area contributed by atoms with E-state index in [0.717, 1.165) is 6.92 Å².